The first kappa shape index (κ1) is 14.7. The summed E-state index contributed by atoms with van der Waals surface area (Å²) in [6.45, 7) is 0.645. The van der Waals surface area contributed by atoms with E-state index in [2.05, 4.69) is 10.6 Å². The van der Waals surface area contributed by atoms with Gasteiger partial charge >= 0.3 is 0 Å². The SMILES string of the molecule is O=C(CNCc1ccccc1)Nc1ccccc1[N+](=O)[O-]. The highest BCUT2D eigenvalue weighted by atomic mass is 16.6. The first-order valence-electron chi connectivity index (χ1n) is 6.45. The summed E-state index contributed by atoms with van der Waals surface area (Å²) < 4.78 is 0. The normalized spacial score (nSPS) is 10.1. The first-order chi connectivity index (χ1) is 10.2. The Balaban J connectivity index is 1.86. The Labute approximate surface area is 121 Å². The Hall–Kier alpha value is -2.73. The van der Waals surface area contributed by atoms with Crippen molar-refractivity contribution in [3.05, 3.63) is 70.3 Å². The average Bonchev–Trinajstić information content (AvgIpc) is 2.48. The van der Waals surface area contributed by atoms with Crippen LogP contribution < -0.4 is 10.6 Å². The van der Waals surface area contributed by atoms with Gasteiger partial charge in [-0.1, -0.05) is 42.5 Å². The van der Waals surface area contributed by atoms with Gasteiger partial charge in [-0.2, -0.15) is 0 Å². The van der Waals surface area contributed by atoms with Crippen LogP contribution in [-0.2, 0) is 11.3 Å². The maximum atomic E-state index is 11.8. The zero-order chi connectivity index (χ0) is 15.1. The number of carbonyl (C=O) groups is 1. The van der Waals surface area contributed by atoms with E-state index < -0.39 is 4.92 Å². The van der Waals surface area contributed by atoms with Crippen molar-refractivity contribution in [3.8, 4) is 0 Å². The molecule has 0 aliphatic carbocycles. The van der Waals surface area contributed by atoms with E-state index in [1.54, 1.807) is 12.1 Å². The number of hydrogen-bond acceptors (Lipinski definition) is 4. The monoisotopic (exact) mass is 285 g/mol. The maximum Gasteiger partial charge on any atom is 0.292 e. The number of benzene rings is 2. The molecule has 0 fully saturated rings. The van der Waals surface area contributed by atoms with Gasteiger partial charge in [-0.25, -0.2) is 0 Å². The third-order valence-electron chi connectivity index (χ3n) is 2.83. The summed E-state index contributed by atoms with van der Waals surface area (Å²) in [5.74, 6) is -0.319. The van der Waals surface area contributed by atoms with Gasteiger partial charge in [0, 0.05) is 12.6 Å². The van der Waals surface area contributed by atoms with Crippen molar-refractivity contribution in [2.24, 2.45) is 0 Å². The largest absolute Gasteiger partial charge is 0.319 e. The van der Waals surface area contributed by atoms with Crippen molar-refractivity contribution in [3.63, 3.8) is 0 Å². The number of para-hydroxylation sites is 2. The molecule has 0 aliphatic rings. The lowest BCUT2D eigenvalue weighted by Gasteiger charge is -2.07. The molecule has 6 heteroatoms. The van der Waals surface area contributed by atoms with Crippen molar-refractivity contribution in [1.82, 2.24) is 5.32 Å². The number of rotatable bonds is 6. The molecule has 0 aromatic heterocycles. The van der Waals surface area contributed by atoms with Crippen molar-refractivity contribution < 1.29 is 9.72 Å². The average molecular weight is 285 g/mol. The van der Waals surface area contributed by atoms with Crippen molar-refractivity contribution in [1.29, 1.82) is 0 Å². The summed E-state index contributed by atoms with van der Waals surface area (Å²) in [6, 6.07) is 15.7. The molecule has 0 spiro atoms. The molecule has 2 rings (SSSR count). The molecular formula is C15H15N3O3. The van der Waals surface area contributed by atoms with Gasteiger partial charge < -0.3 is 10.6 Å². The van der Waals surface area contributed by atoms with Gasteiger partial charge in [0.25, 0.3) is 5.69 Å². The zero-order valence-electron chi connectivity index (χ0n) is 11.3. The van der Waals surface area contributed by atoms with Gasteiger partial charge in [-0.05, 0) is 11.6 Å². The van der Waals surface area contributed by atoms with Crippen LogP contribution >= 0.6 is 0 Å². The number of nitro groups is 1. The van der Waals surface area contributed by atoms with E-state index >= 15 is 0 Å². The smallest absolute Gasteiger partial charge is 0.292 e. The molecule has 0 saturated carbocycles. The number of nitrogens with zero attached hydrogens (tertiary/aromatic N) is 1. The van der Waals surface area contributed by atoms with E-state index in [9.17, 15) is 14.9 Å². The minimum Gasteiger partial charge on any atom is -0.319 e. The molecule has 0 atom stereocenters. The Morgan fingerprint density at radius 2 is 1.71 bits per heavy atom. The number of amides is 1. The molecule has 108 valence electrons. The van der Waals surface area contributed by atoms with Gasteiger partial charge in [0.2, 0.25) is 5.91 Å². The first-order valence-corrected chi connectivity index (χ1v) is 6.45. The summed E-state index contributed by atoms with van der Waals surface area (Å²) in [5.41, 5.74) is 1.15. The summed E-state index contributed by atoms with van der Waals surface area (Å²) in [7, 11) is 0. The van der Waals surface area contributed by atoms with Gasteiger partial charge in [-0.3, -0.25) is 14.9 Å². The van der Waals surface area contributed by atoms with Crippen LogP contribution in [0.15, 0.2) is 54.6 Å². The summed E-state index contributed by atoms with van der Waals surface area (Å²) >= 11 is 0. The lowest BCUT2D eigenvalue weighted by atomic mass is 10.2. The van der Waals surface area contributed by atoms with Crippen molar-refractivity contribution in [2.75, 3.05) is 11.9 Å². The fourth-order valence-electron chi connectivity index (χ4n) is 1.85. The second-order valence-electron chi connectivity index (χ2n) is 4.41. The Morgan fingerprint density at radius 3 is 2.43 bits per heavy atom. The van der Waals surface area contributed by atoms with E-state index in [4.69, 9.17) is 0 Å². The van der Waals surface area contributed by atoms with Crippen LogP contribution in [0.5, 0.6) is 0 Å². The molecular weight excluding hydrogens is 270 g/mol. The fraction of sp³-hybridized carbons (Fsp3) is 0.133. The summed E-state index contributed by atoms with van der Waals surface area (Å²) in [6.07, 6.45) is 0. The third kappa shape index (κ3) is 4.39. The Bertz CT molecular complexity index is 629. The summed E-state index contributed by atoms with van der Waals surface area (Å²) in [4.78, 5) is 22.1. The Kier molecular flexibility index (Phi) is 5.00. The number of hydrogen-bond donors (Lipinski definition) is 2. The molecule has 0 radical (unpaired) electrons. The predicted molar refractivity (Wildman–Crippen MR) is 79.9 cm³/mol. The van der Waals surface area contributed by atoms with Gasteiger partial charge in [0.05, 0.1) is 11.5 Å². The molecule has 0 saturated heterocycles. The highest BCUT2D eigenvalue weighted by molar-refractivity contribution is 5.94. The molecule has 0 unspecified atom stereocenters. The number of nitrogens with one attached hydrogen (secondary N) is 2. The number of nitro benzene ring substituents is 1. The molecule has 2 N–H and O–H groups in total. The maximum absolute atomic E-state index is 11.8. The summed E-state index contributed by atoms with van der Waals surface area (Å²) in [5, 5.41) is 16.4. The molecule has 6 nitrogen and oxygen atoms in total. The van der Waals surface area contributed by atoms with Crippen LogP contribution in [0.2, 0.25) is 0 Å². The molecule has 21 heavy (non-hydrogen) atoms. The van der Waals surface area contributed by atoms with E-state index in [1.807, 2.05) is 30.3 Å². The minimum absolute atomic E-state index is 0.0843. The standard InChI is InChI=1S/C15H15N3O3/c19-15(11-16-10-12-6-2-1-3-7-12)17-13-8-4-5-9-14(13)18(20)21/h1-9,16H,10-11H2,(H,17,19). The quantitative estimate of drug-likeness (QED) is 0.630. The molecule has 0 heterocycles. The van der Waals surface area contributed by atoms with E-state index in [0.717, 1.165) is 5.56 Å². The van der Waals surface area contributed by atoms with E-state index in [1.165, 1.54) is 12.1 Å². The highest BCUT2D eigenvalue weighted by Crippen LogP contribution is 2.22. The molecule has 2 aromatic carbocycles. The van der Waals surface area contributed by atoms with Crippen LogP contribution in [0.3, 0.4) is 0 Å². The van der Waals surface area contributed by atoms with Crippen LogP contribution in [0, 0.1) is 10.1 Å². The lowest BCUT2D eigenvalue weighted by Crippen LogP contribution is -2.27. The van der Waals surface area contributed by atoms with Gasteiger partial charge in [0.15, 0.2) is 0 Å². The highest BCUT2D eigenvalue weighted by Gasteiger charge is 2.14. The second-order valence-corrected chi connectivity index (χ2v) is 4.41. The lowest BCUT2D eigenvalue weighted by molar-refractivity contribution is -0.383. The molecule has 0 bridgehead atoms. The van der Waals surface area contributed by atoms with E-state index in [0.29, 0.717) is 6.54 Å². The molecule has 2 aromatic rings. The second kappa shape index (κ2) is 7.16. The third-order valence-corrected chi connectivity index (χ3v) is 2.83. The fourth-order valence-corrected chi connectivity index (χ4v) is 1.85. The number of anilines is 1. The molecule has 1 amide bonds. The zero-order valence-corrected chi connectivity index (χ0v) is 11.3. The van der Waals surface area contributed by atoms with E-state index in [-0.39, 0.29) is 23.8 Å². The van der Waals surface area contributed by atoms with Crippen LogP contribution in [-0.4, -0.2) is 17.4 Å². The van der Waals surface area contributed by atoms with Crippen LogP contribution in [0.4, 0.5) is 11.4 Å². The molecule has 0 aliphatic heterocycles. The predicted octanol–water partition coefficient (Wildman–Crippen LogP) is 2.32. The number of carbonyl (C=O) groups excluding carboxylic acids is 1. The van der Waals surface area contributed by atoms with Crippen LogP contribution in [0.25, 0.3) is 0 Å². The van der Waals surface area contributed by atoms with Crippen molar-refractivity contribution >= 4 is 17.3 Å². The Morgan fingerprint density at radius 1 is 1.05 bits per heavy atom. The van der Waals surface area contributed by atoms with Crippen LogP contribution in [0.1, 0.15) is 5.56 Å². The van der Waals surface area contributed by atoms with Gasteiger partial charge in [0.1, 0.15) is 5.69 Å². The van der Waals surface area contributed by atoms with Gasteiger partial charge in [-0.15, -0.1) is 0 Å². The van der Waals surface area contributed by atoms with Crippen molar-refractivity contribution in [2.45, 2.75) is 6.54 Å². The topological polar surface area (TPSA) is 84.3 Å². The minimum atomic E-state index is -0.521.